The van der Waals surface area contributed by atoms with Crippen LogP contribution < -0.4 is 29.6 Å². The number of hydrogen-bond acceptors (Lipinski definition) is 5. The zero-order valence-corrected chi connectivity index (χ0v) is 13.3. The van der Waals surface area contributed by atoms with Gasteiger partial charge in [-0.3, -0.25) is 9.59 Å². The van der Waals surface area contributed by atoms with Crippen LogP contribution in [0.2, 0.25) is 0 Å². The molecular formula is C12H15NaO8. The van der Waals surface area contributed by atoms with Gasteiger partial charge in [0.25, 0.3) is 0 Å². The summed E-state index contributed by atoms with van der Waals surface area (Å²) in [4.78, 5) is 30.5. The molecule has 0 spiro atoms. The molecule has 1 aromatic rings. The van der Waals surface area contributed by atoms with E-state index in [-0.39, 0.29) is 31.0 Å². The fraction of sp³-hybridized carbons (Fsp3) is 0.250. The third kappa shape index (κ3) is 9.85. The molecule has 1 rings (SSSR count). The molecule has 21 heavy (non-hydrogen) atoms. The maximum atomic E-state index is 10.3. The minimum absolute atomic E-state index is 0. The molecule has 0 aliphatic rings. The number of carbonyl (C=O) groups is 3. The van der Waals surface area contributed by atoms with Crippen molar-refractivity contribution >= 4 is 17.9 Å². The van der Waals surface area contributed by atoms with Crippen molar-refractivity contribution in [3.8, 4) is 5.75 Å². The molecule has 8 nitrogen and oxygen atoms in total. The van der Waals surface area contributed by atoms with Gasteiger partial charge in [0.05, 0.1) is 12.8 Å². The summed E-state index contributed by atoms with van der Waals surface area (Å²) in [5.41, 5.74) is -2.74. The number of rotatable bonds is 5. The molecule has 9 heteroatoms. The molecule has 0 aromatic heterocycles. The number of aliphatic carboxylic acids is 3. The third-order valence-electron chi connectivity index (χ3n) is 2.04. The number of hydrogen-bond donors (Lipinski definition) is 5. The Bertz CT molecular complexity index is 463. The summed E-state index contributed by atoms with van der Waals surface area (Å²) >= 11 is 0. The van der Waals surface area contributed by atoms with E-state index in [0.717, 1.165) is 0 Å². The molecule has 0 saturated carbocycles. The minimum atomic E-state index is -2.74. The molecule has 0 bridgehead atoms. The number of carboxylic acids is 3. The van der Waals surface area contributed by atoms with Gasteiger partial charge in [0.2, 0.25) is 0 Å². The van der Waals surface area contributed by atoms with Crippen molar-refractivity contribution in [1.29, 1.82) is 0 Å². The van der Waals surface area contributed by atoms with E-state index >= 15 is 0 Å². The summed E-state index contributed by atoms with van der Waals surface area (Å²) in [6.07, 6.45) is -2.29. The van der Waals surface area contributed by atoms with E-state index in [1.165, 1.54) is 0 Å². The Morgan fingerprint density at radius 3 is 1.52 bits per heavy atom. The van der Waals surface area contributed by atoms with Gasteiger partial charge >= 0.3 is 47.5 Å². The van der Waals surface area contributed by atoms with Crippen LogP contribution in [0, 0.1) is 0 Å². The van der Waals surface area contributed by atoms with Crippen LogP contribution in [0.5, 0.6) is 5.75 Å². The van der Waals surface area contributed by atoms with Crippen LogP contribution >= 0.6 is 0 Å². The number of para-hydroxylation sites is 1. The first-order valence-electron chi connectivity index (χ1n) is 5.31. The van der Waals surface area contributed by atoms with Crippen molar-refractivity contribution in [2.75, 3.05) is 0 Å². The Balaban J connectivity index is -0.000000342. The molecular weight excluding hydrogens is 295 g/mol. The first-order chi connectivity index (χ1) is 9.17. The maximum Gasteiger partial charge on any atom is 1.00 e. The third-order valence-corrected chi connectivity index (χ3v) is 2.04. The van der Waals surface area contributed by atoms with Crippen molar-refractivity contribution in [3.05, 3.63) is 30.3 Å². The van der Waals surface area contributed by atoms with Crippen molar-refractivity contribution in [1.82, 2.24) is 0 Å². The van der Waals surface area contributed by atoms with E-state index in [9.17, 15) is 14.4 Å². The van der Waals surface area contributed by atoms with Gasteiger partial charge in [0, 0.05) is 0 Å². The zero-order valence-electron chi connectivity index (χ0n) is 12.3. The van der Waals surface area contributed by atoms with Crippen molar-refractivity contribution < 1.29 is 70.9 Å². The summed E-state index contributed by atoms with van der Waals surface area (Å²) in [6, 6.07) is 8.71. The summed E-state index contributed by atoms with van der Waals surface area (Å²) in [6.45, 7) is 0. The summed E-state index contributed by atoms with van der Waals surface area (Å²) in [5.74, 6) is -4.70. The molecule has 5 N–H and O–H groups in total. The van der Waals surface area contributed by atoms with Gasteiger partial charge in [-0.2, -0.15) is 0 Å². The number of aliphatic hydroxyl groups is 1. The molecule has 0 atom stereocenters. The van der Waals surface area contributed by atoms with E-state index in [1.807, 2.05) is 6.07 Å². The van der Waals surface area contributed by atoms with Gasteiger partial charge < -0.3 is 27.0 Å². The molecule has 0 aliphatic carbocycles. The first kappa shape index (κ1) is 21.7. The van der Waals surface area contributed by atoms with Crippen LogP contribution in [0.4, 0.5) is 0 Å². The van der Waals surface area contributed by atoms with Gasteiger partial charge in [0.15, 0.2) is 5.60 Å². The molecule has 112 valence electrons. The zero-order chi connectivity index (χ0) is 15.8. The Morgan fingerprint density at radius 2 is 1.33 bits per heavy atom. The smallest absolute Gasteiger partial charge is 1.00 e. The van der Waals surface area contributed by atoms with Crippen LogP contribution in [0.25, 0.3) is 0 Å². The Hall–Kier alpha value is -1.61. The fourth-order valence-electron chi connectivity index (χ4n) is 1.14. The van der Waals surface area contributed by atoms with E-state index in [1.54, 1.807) is 24.3 Å². The number of phenolic OH excluding ortho intramolecular Hbond substituents is 1. The molecule has 0 aliphatic heterocycles. The predicted molar refractivity (Wildman–Crippen MR) is 66.3 cm³/mol. The first-order valence-corrected chi connectivity index (χ1v) is 5.31. The quantitative estimate of drug-likeness (QED) is 0.367. The molecule has 0 fully saturated rings. The Kier molecular flexibility index (Phi) is 10.5. The Morgan fingerprint density at radius 1 is 0.952 bits per heavy atom. The van der Waals surface area contributed by atoms with Crippen molar-refractivity contribution in [2.45, 2.75) is 18.4 Å². The molecule has 0 amide bonds. The van der Waals surface area contributed by atoms with Gasteiger partial charge in [-0.15, -0.1) is 0 Å². The molecule has 0 heterocycles. The largest absolute Gasteiger partial charge is 1.00 e. The summed E-state index contributed by atoms with van der Waals surface area (Å²) < 4.78 is 0. The van der Waals surface area contributed by atoms with Crippen LogP contribution in [-0.2, 0) is 14.4 Å². The topological polar surface area (TPSA) is 152 Å². The second kappa shape index (κ2) is 10.2. The normalized spacial score (nSPS) is 9.57. The van der Waals surface area contributed by atoms with E-state index < -0.39 is 36.4 Å². The number of benzene rings is 1. The van der Waals surface area contributed by atoms with E-state index in [4.69, 9.17) is 25.5 Å². The number of aromatic hydroxyl groups is 1. The SMILES string of the molecule is O=C(O)CC(O)(CC(=O)O)C(=O)O.Oc1ccccc1.[H-].[Na+]. The summed E-state index contributed by atoms with van der Waals surface area (Å²) in [5, 5.41) is 42.4. The van der Waals surface area contributed by atoms with Crippen LogP contribution in [0.1, 0.15) is 14.3 Å². The molecule has 0 unspecified atom stereocenters. The summed E-state index contributed by atoms with van der Waals surface area (Å²) in [7, 11) is 0. The maximum absolute atomic E-state index is 10.3. The van der Waals surface area contributed by atoms with Crippen LogP contribution in [-0.4, -0.2) is 49.0 Å². The van der Waals surface area contributed by atoms with Gasteiger partial charge in [-0.25, -0.2) is 4.79 Å². The van der Waals surface area contributed by atoms with Crippen molar-refractivity contribution in [3.63, 3.8) is 0 Å². The average Bonchev–Trinajstić information content (AvgIpc) is 2.28. The standard InChI is InChI=1S/C6H8O7.C6H6O.Na.H/c7-3(8)1-6(13,5(11)12)2-4(9)10;7-6-4-2-1-3-5-6;;/h13H,1-2H2,(H,7,8)(H,9,10)(H,11,12);1-5,7H;;/q;;+1;-1. The van der Waals surface area contributed by atoms with Gasteiger partial charge in [-0.1, -0.05) is 18.2 Å². The van der Waals surface area contributed by atoms with Crippen LogP contribution in [0.15, 0.2) is 30.3 Å². The second-order valence-electron chi connectivity index (χ2n) is 3.81. The number of phenols is 1. The molecule has 0 radical (unpaired) electrons. The fourth-order valence-corrected chi connectivity index (χ4v) is 1.14. The monoisotopic (exact) mass is 310 g/mol. The van der Waals surface area contributed by atoms with Gasteiger partial charge in [-0.05, 0) is 12.1 Å². The van der Waals surface area contributed by atoms with Crippen LogP contribution in [0.3, 0.4) is 0 Å². The van der Waals surface area contributed by atoms with Gasteiger partial charge in [0.1, 0.15) is 5.75 Å². The molecule has 1 aromatic carbocycles. The van der Waals surface area contributed by atoms with Crippen molar-refractivity contribution in [2.24, 2.45) is 0 Å². The predicted octanol–water partition coefficient (Wildman–Crippen LogP) is -2.74. The second-order valence-corrected chi connectivity index (χ2v) is 3.81. The van der Waals surface area contributed by atoms with E-state index in [2.05, 4.69) is 0 Å². The average molecular weight is 310 g/mol. The minimum Gasteiger partial charge on any atom is -1.00 e. The molecule has 0 saturated heterocycles. The Labute approximate surface area is 143 Å². The number of carboxylic acid groups (broad SMARTS) is 3. The van der Waals surface area contributed by atoms with E-state index in [0.29, 0.717) is 5.75 Å².